The fourth-order valence-corrected chi connectivity index (χ4v) is 3.77. The van der Waals surface area contributed by atoms with Crippen LogP contribution >= 0.6 is 0 Å². The van der Waals surface area contributed by atoms with E-state index in [1.54, 1.807) is 23.2 Å². The minimum atomic E-state index is -0.751. The summed E-state index contributed by atoms with van der Waals surface area (Å²) in [5, 5.41) is 13.1. The summed E-state index contributed by atoms with van der Waals surface area (Å²) < 4.78 is 11.7. The maximum Gasteiger partial charge on any atom is 0.255 e. The van der Waals surface area contributed by atoms with Crippen molar-refractivity contribution in [2.45, 2.75) is 57.0 Å². The lowest BCUT2D eigenvalue weighted by molar-refractivity contribution is -0.150. The average Bonchev–Trinajstić information content (AvgIpc) is 2.70. The van der Waals surface area contributed by atoms with Gasteiger partial charge in [0, 0.05) is 25.5 Å². The van der Waals surface area contributed by atoms with E-state index in [4.69, 9.17) is 9.47 Å². The van der Waals surface area contributed by atoms with Crippen LogP contribution < -0.4 is 5.32 Å². The van der Waals surface area contributed by atoms with Gasteiger partial charge in [-0.15, -0.1) is 0 Å². The number of carbonyl (C=O) groups is 2. The van der Waals surface area contributed by atoms with E-state index in [9.17, 15) is 14.7 Å². The van der Waals surface area contributed by atoms with E-state index < -0.39 is 6.10 Å². The summed E-state index contributed by atoms with van der Waals surface area (Å²) in [5.74, 6) is -0.192. The van der Waals surface area contributed by atoms with Gasteiger partial charge in [0.1, 0.15) is 6.10 Å². The molecule has 2 aliphatic rings. The van der Waals surface area contributed by atoms with Crippen molar-refractivity contribution in [1.29, 1.82) is 0 Å². The van der Waals surface area contributed by atoms with E-state index >= 15 is 0 Å². The maximum absolute atomic E-state index is 13.1. The molecule has 0 aliphatic carbocycles. The lowest BCUT2D eigenvalue weighted by Crippen LogP contribution is -2.57. The molecular weight excluding hydrogens is 362 g/mol. The summed E-state index contributed by atoms with van der Waals surface area (Å²) in [6.07, 6.45) is 4.45. The molecule has 4 atom stereocenters. The molecule has 2 saturated heterocycles. The minimum Gasteiger partial charge on any atom is -0.389 e. The van der Waals surface area contributed by atoms with Gasteiger partial charge in [0.15, 0.2) is 0 Å². The van der Waals surface area contributed by atoms with Crippen LogP contribution in [0.1, 0.15) is 43.0 Å². The van der Waals surface area contributed by atoms with Gasteiger partial charge in [-0.25, -0.2) is 0 Å². The van der Waals surface area contributed by atoms with Gasteiger partial charge in [0.2, 0.25) is 5.91 Å². The SMILES string of the molecule is CCCNC(=O)C[C@@H]1CC[C@H]2[C@@H](COC[C@H](O)CN2C(=O)c2cccnc2)O1. The Morgan fingerprint density at radius 1 is 1.36 bits per heavy atom. The molecule has 3 rings (SSSR count). The molecule has 0 saturated carbocycles. The van der Waals surface area contributed by atoms with E-state index in [0.717, 1.165) is 6.42 Å². The topological polar surface area (TPSA) is 101 Å². The molecule has 2 amide bonds. The van der Waals surface area contributed by atoms with Crippen LogP contribution in [0.3, 0.4) is 0 Å². The van der Waals surface area contributed by atoms with Crippen LogP contribution in [-0.4, -0.2) is 77.5 Å². The zero-order valence-corrected chi connectivity index (χ0v) is 16.3. The lowest BCUT2D eigenvalue weighted by Gasteiger charge is -2.44. The predicted octanol–water partition coefficient (Wildman–Crippen LogP) is 0.747. The second-order valence-electron chi connectivity index (χ2n) is 7.39. The minimum absolute atomic E-state index is 0.0178. The Labute approximate surface area is 165 Å². The molecule has 8 heteroatoms. The first kappa shape index (κ1) is 20.7. The number of β-amino-alcohol motifs (C(OH)–C–C–N with tert-alkyl or cyclic N) is 1. The number of aliphatic hydroxyl groups is 1. The van der Waals surface area contributed by atoms with Crippen molar-refractivity contribution in [3.05, 3.63) is 30.1 Å². The van der Waals surface area contributed by atoms with Crippen LogP contribution in [0.15, 0.2) is 24.5 Å². The van der Waals surface area contributed by atoms with Crippen molar-refractivity contribution >= 4 is 11.8 Å². The van der Waals surface area contributed by atoms with Crippen molar-refractivity contribution in [2.75, 3.05) is 26.3 Å². The largest absolute Gasteiger partial charge is 0.389 e. The van der Waals surface area contributed by atoms with E-state index in [2.05, 4.69) is 10.3 Å². The number of hydrogen-bond donors (Lipinski definition) is 2. The number of carbonyl (C=O) groups excluding carboxylic acids is 2. The summed E-state index contributed by atoms with van der Waals surface area (Å²) in [6, 6.07) is 3.23. The van der Waals surface area contributed by atoms with Crippen molar-refractivity contribution in [3.63, 3.8) is 0 Å². The van der Waals surface area contributed by atoms with Gasteiger partial charge in [0.25, 0.3) is 5.91 Å². The summed E-state index contributed by atoms with van der Waals surface area (Å²) in [5.41, 5.74) is 0.482. The van der Waals surface area contributed by atoms with Crippen molar-refractivity contribution in [2.24, 2.45) is 0 Å². The van der Waals surface area contributed by atoms with Crippen molar-refractivity contribution in [3.8, 4) is 0 Å². The predicted molar refractivity (Wildman–Crippen MR) is 102 cm³/mol. The molecule has 2 N–H and O–H groups in total. The molecule has 1 aromatic rings. The fraction of sp³-hybridized carbons (Fsp3) is 0.650. The third-order valence-electron chi connectivity index (χ3n) is 5.14. The number of rotatable bonds is 5. The second kappa shape index (κ2) is 9.95. The number of aliphatic hydroxyl groups excluding tert-OH is 1. The van der Waals surface area contributed by atoms with Crippen LogP contribution in [0.4, 0.5) is 0 Å². The number of nitrogens with zero attached hydrogens (tertiary/aromatic N) is 2. The zero-order chi connectivity index (χ0) is 19.9. The highest BCUT2D eigenvalue weighted by Gasteiger charge is 2.40. The third kappa shape index (κ3) is 5.27. The van der Waals surface area contributed by atoms with Gasteiger partial charge in [-0.05, 0) is 31.4 Å². The van der Waals surface area contributed by atoms with E-state index in [-0.39, 0.29) is 49.8 Å². The van der Waals surface area contributed by atoms with Gasteiger partial charge in [-0.2, -0.15) is 0 Å². The second-order valence-corrected chi connectivity index (χ2v) is 7.39. The van der Waals surface area contributed by atoms with Crippen LogP contribution in [0.25, 0.3) is 0 Å². The number of fused-ring (bicyclic) bond motifs is 1. The van der Waals surface area contributed by atoms with Crippen molar-refractivity contribution in [1.82, 2.24) is 15.2 Å². The first-order chi connectivity index (χ1) is 13.6. The van der Waals surface area contributed by atoms with E-state index in [1.165, 1.54) is 6.20 Å². The summed E-state index contributed by atoms with van der Waals surface area (Å²) in [4.78, 5) is 30.8. The van der Waals surface area contributed by atoms with Crippen LogP contribution in [0, 0.1) is 0 Å². The molecule has 0 aromatic carbocycles. The quantitative estimate of drug-likeness (QED) is 0.768. The zero-order valence-electron chi connectivity index (χ0n) is 16.3. The molecule has 0 unspecified atom stereocenters. The third-order valence-corrected chi connectivity index (χ3v) is 5.14. The van der Waals surface area contributed by atoms with Gasteiger partial charge < -0.3 is 24.8 Å². The highest BCUT2D eigenvalue weighted by Crippen LogP contribution is 2.28. The molecule has 0 spiro atoms. The smallest absolute Gasteiger partial charge is 0.255 e. The monoisotopic (exact) mass is 391 g/mol. The maximum atomic E-state index is 13.1. The molecular formula is C20H29N3O5. The molecule has 1 aromatic heterocycles. The average molecular weight is 391 g/mol. The Kier molecular flexibility index (Phi) is 7.36. The van der Waals surface area contributed by atoms with Gasteiger partial charge >= 0.3 is 0 Å². The standard InChI is InChI=1S/C20H29N3O5/c1-2-7-22-19(25)9-16-5-6-17-18(28-16)13-27-12-15(24)11-23(17)20(26)14-4-3-8-21-10-14/h3-4,8,10,15-18,24H,2,5-7,9,11-13H2,1H3,(H,22,25)/t15-,16+,17+,18-/m1/s1. The highest BCUT2D eigenvalue weighted by molar-refractivity contribution is 5.94. The molecule has 28 heavy (non-hydrogen) atoms. The van der Waals surface area contributed by atoms with Crippen LogP contribution in [0.5, 0.6) is 0 Å². The number of ether oxygens (including phenoxy) is 2. The van der Waals surface area contributed by atoms with Gasteiger partial charge in [-0.3, -0.25) is 14.6 Å². The Bertz CT molecular complexity index is 657. The highest BCUT2D eigenvalue weighted by atomic mass is 16.5. The van der Waals surface area contributed by atoms with Gasteiger partial charge in [-0.1, -0.05) is 6.92 Å². The molecule has 2 aliphatic heterocycles. The number of hydrogen-bond acceptors (Lipinski definition) is 6. The fourth-order valence-electron chi connectivity index (χ4n) is 3.77. The Balaban J connectivity index is 1.70. The normalized spacial score (nSPS) is 28.0. The van der Waals surface area contributed by atoms with E-state index in [0.29, 0.717) is 31.4 Å². The number of aromatic nitrogens is 1. The lowest BCUT2D eigenvalue weighted by atomic mass is 9.94. The summed E-state index contributed by atoms with van der Waals surface area (Å²) in [7, 11) is 0. The molecule has 154 valence electrons. The molecule has 0 radical (unpaired) electrons. The first-order valence-electron chi connectivity index (χ1n) is 9.97. The number of amides is 2. The summed E-state index contributed by atoms with van der Waals surface area (Å²) in [6.45, 7) is 3.28. The van der Waals surface area contributed by atoms with E-state index in [1.807, 2.05) is 6.92 Å². The van der Waals surface area contributed by atoms with Crippen molar-refractivity contribution < 1.29 is 24.2 Å². The Hall–Kier alpha value is -2.03. The number of nitrogens with one attached hydrogen (secondary N) is 1. The molecule has 0 bridgehead atoms. The Morgan fingerprint density at radius 3 is 2.96 bits per heavy atom. The van der Waals surface area contributed by atoms with Crippen LogP contribution in [0.2, 0.25) is 0 Å². The first-order valence-corrected chi connectivity index (χ1v) is 9.97. The molecule has 8 nitrogen and oxygen atoms in total. The van der Waals surface area contributed by atoms with Crippen LogP contribution in [-0.2, 0) is 14.3 Å². The Morgan fingerprint density at radius 2 is 2.21 bits per heavy atom. The molecule has 2 fully saturated rings. The number of pyridine rings is 1. The van der Waals surface area contributed by atoms with Gasteiger partial charge in [0.05, 0.1) is 43.4 Å². The summed E-state index contributed by atoms with van der Waals surface area (Å²) >= 11 is 0. The molecule has 3 heterocycles.